The van der Waals surface area contributed by atoms with Crippen LogP contribution in [0.4, 0.5) is 18.0 Å². The Morgan fingerprint density at radius 1 is 1.20 bits per heavy atom. The number of halogens is 3. The highest BCUT2D eigenvalue weighted by atomic mass is 19.4. The van der Waals surface area contributed by atoms with Crippen molar-refractivity contribution in [2.45, 2.75) is 51.5 Å². The number of aromatic nitrogens is 2. The summed E-state index contributed by atoms with van der Waals surface area (Å²) in [6.45, 7) is 6.68. The Morgan fingerprint density at radius 2 is 1.84 bits per heavy atom. The van der Waals surface area contributed by atoms with Crippen molar-refractivity contribution < 1.29 is 27.4 Å². The largest absolute Gasteiger partial charge is 0.473 e. The fraction of sp³-hybridized carbons (Fsp3) is 0.688. The second-order valence-corrected chi connectivity index (χ2v) is 7.74. The molecule has 0 bridgehead atoms. The molecular formula is C16H20F3N3O3. The second kappa shape index (κ2) is 5.74. The molecule has 1 amide bonds. The van der Waals surface area contributed by atoms with Crippen molar-refractivity contribution in [3.8, 4) is 5.88 Å². The van der Waals surface area contributed by atoms with Crippen LogP contribution >= 0.6 is 0 Å². The SMILES string of the molecule is CC(C)(C)OC(=O)N1CC2(CC(Oc3ccc(C(F)(F)F)nn3)C2)C1. The predicted molar refractivity (Wildman–Crippen MR) is 80.9 cm³/mol. The summed E-state index contributed by atoms with van der Waals surface area (Å²) >= 11 is 0. The molecule has 6 nitrogen and oxygen atoms in total. The summed E-state index contributed by atoms with van der Waals surface area (Å²) in [5, 5.41) is 6.60. The Labute approximate surface area is 143 Å². The van der Waals surface area contributed by atoms with Crippen molar-refractivity contribution in [3.05, 3.63) is 17.8 Å². The summed E-state index contributed by atoms with van der Waals surface area (Å²) in [6.07, 6.45) is -3.49. The lowest BCUT2D eigenvalue weighted by atomic mass is 9.62. The molecule has 3 rings (SSSR count). The number of hydrogen-bond acceptors (Lipinski definition) is 5. The van der Waals surface area contributed by atoms with Crippen LogP contribution in [0, 0.1) is 5.41 Å². The Morgan fingerprint density at radius 3 is 2.32 bits per heavy atom. The monoisotopic (exact) mass is 359 g/mol. The van der Waals surface area contributed by atoms with Gasteiger partial charge in [0.1, 0.15) is 11.7 Å². The molecule has 0 unspecified atom stereocenters. The summed E-state index contributed by atoms with van der Waals surface area (Å²) in [5.74, 6) is 0.0798. The van der Waals surface area contributed by atoms with Crippen LogP contribution in [0.3, 0.4) is 0 Å². The van der Waals surface area contributed by atoms with E-state index in [9.17, 15) is 18.0 Å². The van der Waals surface area contributed by atoms with Gasteiger partial charge in [-0.2, -0.15) is 13.2 Å². The molecule has 2 aliphatic rings. The van der Waals surface area contributed by atoms with Crippen molar-refractivity contribution >= 4 is 6.09 Å². The third-order valence-corrected chi connectivity index (χ3v) is 4.24. The van der Waals surface area contributed by atoms with Gasteiger partial charge in [-0.1, -0.05) is 0 Å². The van der Waals surface area contributed by atoms with Crippen molar-refractivity contribution in [1.82, 2.24) is 15.1 Å². The molecular weight excluding hydrogens is 339 g/mol. The number of rotatable bonds is 2. The number of nitrogens with zero attached hydrogens (tertiary/aromatic N) is 3. The van der Waals surface area contributed by atoms with Crippen molar-refractivity contribution in [2.75, 3.05) is 13.1 Å². The molecule has 0 aromatic carbocycles. The van der Waals surface area contributed by atoms with Crippen molar-refractivity contribution in [3.63, 3.8) is 0 Å². The van der Waals surface area contributed by atoms with E-state index in [0.29, 0.717) is 13.1 Å². The predicted octanol–water partition coefficient (Wildman–Crippen LogP) is 3.27. The molecule has 1 aromatic rings. The lowest BCUT2D eigenvalue weighted by Crippen LogP contribution is -2.66. The molecule has 1 spiro atoms. The third kappa shape index (κ3) is 3.96. The van der Waals surface area contributed by atoms with E-state index in [1.807, 2.05) is 20.8 Å². The van der Waals surface area contributed by atoms with Crippen molar-refractivity contribution in [1.29, 1.82) is 0 Å². The van der Waals surface area contributed by atoms with Gasteiger partial charge in [-0.05, 0) is 39.7 Å². The Bertz CT molecular complexity index is 641. The molecule has 138 valence electrons. The van der Waals surface area contributed by atoms with Gasteiger partial charge in [0.25, 0.3) is 0 Å². The van der Waals surface area contributed by atoms with Crippen LogP contribution in [-0.4, -0.2) is 46.0 Å². The quantitative estimate of drug-likeness (QED) is 0.811. The first-order chi connectivity index (χ1) is 11.5. The highest BCUT2D eigenvalue weighted by Gasteiger charge is 2.55. The number of likely N-dealkylation sites (tertiary alicyclic amines) is 1. The zero-order valence-corrected chi connectivity index (χ0v) is 14.3. The maximum Gasteiger partial charge on any atom is 0.435 e. The van der Waals surface area contributed by atoms with E-state index < -0.39 is 17.5 Å². The number of alkyl halides is 3. The number of carbonyl (C=O) groups is 1. The van der Waals surface area contributed by atoms with Crippen LogP contribution in [0.2, 0.25) is 0 Å². The van der Waals surface area contributed by atoms with Crippen LogP contribution in [0.15, 0.2) is 12.1 Å². The van der Waals surface area contributed by atoms with E-state index >= 15 is 0 Å². The van der Waals surface area contributed by atoms with Gasteiger partial charge in [0.05, 0.1) is 0 Å². The maximum absolute atomic E-state index is 12.4. The van der Waals surface area contributed by atoms with Gasteiger partial charge in [-0.3, -0.25) is 0 Å². The van der Waals surface area contributed by atoms with E-state index in [2.05, 4.69) is 10.2 Å². The zero-order chi connectivity index (χ0) is 18.5. The molecule has 1 saturated carbocycles. The molecule has 1 aliphatic carbocycles. The summed E-state index contributed by atoms with van der Waals surface area (Å²) in [7, 11) is 0. The van der Waals surface area contributed by atoms with E-state index in [4.69, 9.17) is 9.47 Å². The molecule has 1 saturated heterocycles. The summed E-state index contributed by atoms with van der Waals surface area (Å²) in [6, 6.07) is 2.03. The first kappa shape index (κ1) is 17.8. The highest BCUT2D eigenvalue weighted by Crippen LogP contribution is 2.49. The third-order valence-electron chi connectivity index (χ3n) is 4.24. The molecule has 1 aliphatic heterocycles. The standard InChI is InChI=1S/C16H20F3N3O3/c1-14(2,3)25-13(23)22-8-15(9-22)6-10(7-15)24-12-5-4-11(20-21-12)16(17,18)19/h4-5,10H,6-9H2,1-3H3. The number of amides is 1. The Hall–Kier alpha value is -2.06. The molecule has 2 heterocycles. The molecule has 0 radical (unpaired) electrons. The molecule has 0 N–H and O–H groups in total. The molecule has 25 heavy (non-hydrogen) atoms. The fourth-order valence-corrected chi connectivity index (χ4v) is 3.17. The van der Waals surface area contributed by atoms with Gasteiger partial charge < -0.3 is 14.4 Å². The van der Waals surface area contributed by atoms with Gasteiger partial charge in [0.2, 0.25) is 5.88 Å². The van der Waals surface area contributed by atoms with Crippen molar-refractivity contribution in [2.24, 2.45) is 5.41 Å². The minimum absolute atomic E-state index is 0.0287. The second-order valence-electron chi connectivity index (χ2n) is 7.74. The molecule has 1 aromatic heterocycles. The average molecular weight is 359 g/mol. The van der Waals surface area contributed by atoms with Crippen LogP contribution in [0.1, 0.15) is 39.3 Å². The van der Waals surface area contributed by atoms with Gasteiger partial charge in [0, 0.05) is 24.6 Å². The minimum Gasteiger partial charge on any atom is -0.473 e. The zero-order valence-electron chi connectivity index (χ0n) is 14.3. The highest BCUT2D eigenvalue weighted by molar-refractivity contribution is 5.69. The van der Waals surface area contributed by atoms with Gasteiger partial charge in [0.15, 0.2) is 5.69 Å². The fourth-order valence-electron chi connectivity index (χ4n) is 3.17. The van der Waals surface area contributed by atoms with E-state index in [1.165, 1.54) is 6.07 Å². The van der Waals surface area contributed by atoms with Gasteiger partial charge >= 0.3 is 12.3 Å². The normalized spacial score (nSPS) is 20.0. The maximum atomic E-state index is 12.4. The van der Waals surface area contributed by atoms with Crippen LogP contribution < -0.4 is 4.74 Å². The molecule has 9 heteroatoms. The smallest absolute Gasteiger partial charge is 0.435 e. The Balaban J connectivity index is 1.44. The summed E-state index contributed by atoms with van der Waals surface area (Å²) < 4.78 is 48.2. The molecule has 0 atom stereocenters. The summed E-state index contributed by atoms with van der Waals surface area (Å²) in [5.41, 5.74) is -1.54. The number of ether oxygens (including phenoxy) is 2. The van der Waals surface area contributed by atoms with Gasteiger partial charge in [-0.15, -0.1) is 10.2 Å². The average Bonchev–Trinajstić information content (AvgIpc) is 2.37. The molecule has 2 fully saturated rings. The Kier molecular flexibility index (Phi) is 4.08. The van der Waals surface area contributed by atoms with E-state index in [0.717, 1.165) is 18.9 Å². The lowest BCUT2D eigenvalue weighted by Gasteiger charge is -2.57. The topological polar surface area (TPSA) is 64.5 Å². The number of hydrogen-bond donors (Lipinski definition) is 0. The number of carbonyl (C=O) groups excluding carboxylic acids is 1. The van der Waals surface area contributed by atoms with Crippen LogP contribution in [0.25, 0.3) is 0 Å². The van der Waals surface area contributed by atoms with Crippen LogP contribution in [0.5, 0.6) is 5.88 Å². The first-order valence-electron chi connectivity index (χ1n) is 8.01. The van der Waals surface area contributed by atoms with Crippen LogP contribution in [-0.2, 0) is 10.9 Å². The minimum atomic E-state index is -4.51. The van der Waals surface area contributed by atoms with E-state index in [-0.39, 0.29) is 23.5 Å². The van der Waals surface area contributed by atoms with E-state index in [1.54, 1.807) is 4.90 Å². The first-order valence-corrected chi connectivity index (χ1v) is 8.01. The lowest BCUT2D eigenvalue weighted by molar-refractivity contribution is -0.142. The van der Waals surface area contributed by atoms with Gasteiger partial charge in [-0.25, -0.2) is 4.79 Å². The summed E-state index contributed by atoms with van der Waals surface area (Å²) in [4.78, 5) is 13.6.